The second kappa shape index (κ2) is 10.6. The number of ketones is 1. The molecule has 6 aromatic rings. The van der Waals surface area contributed by atoms with Crippen LogP contribution in [0.1, 0.15) is 32.7 Å². The predicted octanol–water partition coefficient (Wildman–Crippen LogP) is 7.47. The number of hydrogen-bond acceptors (Lipinski definition) is 3. The summed E-state index contributed by atoms with van der Waals surface area (Å²) in [4.78, 5) is 18.2. The van der Waals surface area contributed by atoms with Gasteiger partial charge in [0.25, 0.3) is 0 Å². The molecule has 5 nitrogen and oxygen atoms in total. The predicted molar refractivity (Wildman–Crippen MR) is 157 cm³/mol. The molecule has 0 saturated heterocycles. The Labute approximate surface area is 234 Å². The minimum atomic E-state index is -0.0183. The maximum absolute atomic E-state index is 13.8. The molecule has 0 atom stereocenters. The van der Waals surface area contributed by atoms with Crippen molar-refractivity contribution in [2.24, 2.45) is 0 Å². The summed E-state index contributed by atoms with van der Waals surface area (Å²) >= 11 is 3.47. The quantitative estimate of drug-likeness (QED) is 0.187. The molecule has 2 aromatic heterocycles. The second-order valence-electron chi connectivity index (χ2n) is 9.44. The monoisotopic (exact) mass is 570 g/mol. The van der Waals surface area contributed by atoms with Crippen molar-refractivity contribution in [2.45, 2.75) is 13.1 Å². The van der Waals surface area contributed by atoms with Crippen molar-refractivity contribution in [1.29, 1.82) is 5.26 Å². The van der Waals surface area contributed by atoms with Gasteiger partial charge in [0.2, 0.25) is 0 Å². The fourth-order valence-corrected chi connectivity index (χ4v) is 5.17. The molecular formula is C33H23BrN4O. The summed E-state index contributed by atoms with van der Waals surface area (Å²) < 4.78 is 5.09. The Morgan fingerprint density at radius 3 is 2.41 bits per heavy atom. The minimum absolute atomic E-state index is 0.0183. The number of hydrogen-bond donors (Lipinski definition) is 0. The number of carbonyl (C=O) groups is 1. The Morgan fingerprint density at radius 2 is 1.62 bits per heavy atom. The topological polar surface area (TPSA) is 63.6 Å². The van der Waals surface area contributed by atoms with E-state index in [1.54, 1.807) is 0 Å². The Hall–Kier alpha value is -4.73. The number of halogens is 1. The number of nitriles is 1. The third kappa shape index (κ3) is 5.05. The van der Waals surface area contributed by atoms with E-state index < -0.39 is 0 Å². The van der Waals surface area contributed by atoms with Gasteiger partial charge in [-0.05, 0) is 58.3 Å². The smallest absolute Gasteiger partial charge is 0.195 e. The zero-order valence-electron chi connectivity index (χ0n) is 21.0. The van der Waals surface area contributed by atoms with Gasteiger partial charge in [-0.1, -0.05) is 70.5 Å². The van der Waals surface area contributed by atoms with Gasteiger partial charge in [0.1, 0.15) is 0 Å². The van der Waals surface area contributed by atoms with E-state index in [-0.39, 0.29) is 5.78 Å². The van der Waals surface area contributed by atoms with Crippen LogP contribution >= 0.6 is 15.9 Å². The summed E-state index contributed by atoms with van der Waals surface area (Å²) in [7, 11) is 0. The van der Waals surface area contributed by atoms with Crippen molar-refractivity contribution in [3.8, 4) is 17.2 Å². The summed E-state index contributed by atoms with van der Waals surface area (Å²) in [5.41, 5.74) is 5.97. The van der Waals surface area contributed by atoms with Gasteiger partial charge in [-0.25, -0.2) is 4.98 Å². The van der Waals surface area contributed by atoms with Crippen molar-refractivity contribution >= 4 is 32.5 Å². The van der Waals surface area contributed by atoms with E-state index in [4.69, 9.17) is 5.26 Å². The molecule has 0 saturated carbocycles. The van der Waals surface area contributed by atoms with Crippen molar-refractivity contribution in [2.75, 3.05) is 0 Å². The van der Waals surface area contributed by atoms with Gasteiger partial charge in [0, 0.05) is 46.3 Å². The number of nitrogens with zero attached hydrogens (tertiary/aromatic N) is 4. The van der Waals surface area contributed by atoms with E-state index >= 15 is 0 Å². The first-order valence-corrected chi connectivity index (χ1v) is 13.3. The normalized spacial score (nSPS) is 11.0. The van der Waals surface area contributed by atoms with Crippen molar-refractivity contribution in [3.05, 3.63) is 148 Å². The van der Waals surface area contributed by atoms with Crippen LogP contribution < -0.4 is 0 Å². The van der Waals surface area contributed by atoms with Gasteiger partial charge in [-0.2, -0.15) is 5.26 Å². The lowest BCUT2D eigenvalue weighted by molar-refractivity contribution is 0.103. The van der Waals surface area contributed by atoms with Crippen LogP contribution in [0.15, 0.2) is 120 Å². The largest absolute Gasteiger partial charge is 0.347 e. The van der Waals surface area contributed by atoms with Gasteiger partial charge in [0.15, 0.2) is 5.78 Å². The SMILES string of the molecule is N#Cc1ccc(Cn2cncc2Cn2cc(C(=O)c3ccc(Br)cc3)c(-c3cccc4ccccc34)c2)cc1. The highest BCUT2D eigenvalue weighted by Crippen LogP contribution is 2.33. The van der Waals surface area contributed by atoms with Crippen molar-refractivity contribution in [1.82, 2.24) is 14.1 Å². The molecule has 188 valence electrons. The maximum Gasteiger partial charge on any atom is 0.195 e. The fourth-order valence-electron chi connectivity index (χ4n) is 4.90. The molecule has 0 aliphatic heterocycles. The first-order chi connectivity index (χ1) is 19.1. The van der Waals surface area contributed by atoms with Gasteiger partial charge < -0.3 is 9.13 Å². The molecule has 6 rings (SSSR count). The molecule has 0 amide bonds. The van der Waals surface area contributed by atoms with Crippen LogP contribution in [-0.2, 0) is 13.1 Å². The Bertz CT molecular complexity index is 1830. The van der Waals surface area contributed by atoms with Crippen LogP contribution in [0.4, 0.5) is 0 Å². The summed E-state index contributed by atoms with van der Waals surface area (Å²) in [5.74, 6) is -0.0183. The highest BCUT2D eigenvalue weighted by molar-refractivity contribution is 9.10. The van der Waals surface area contributed by atoms with E-state index in [1.165, 1.54) is 0 Å². The lowest BCUT2D eigenvalue weighted by atomic mass is 9.94. The molecular weight excluding hydrogens is 548 g/mol. The lowest BCUT2D eigenvalue weighted by Gasteiger charge is -2.09. The molecule has 0 aliphatic carbocycles. The summed E-state index contributed by atoms with van der Waals surface area (Å²) in [6, 6.07) is 31.7. The molecule has 6 heteroatoms. The molecule has 4 aromatic carbocycles. The second-order valence-corrected chi connectivity index (χ2v) is 10.4. The summed E-state index contributed by atoms with van der Waals surface area (Å²) in [5, 5.41) is 11.3. The highest BCUT2D eigenvalue weighted by Gasteiger charge is 2.20. The van der Waals surface area contributed by atoms with Crippen LogP contribution in [0.25, 0.3) is 21.9 Å². The Morgan fingerprint density at radius 1 is 0.846 bits per heavy atom. The van der Waals surface area contributed by atoms with Gasteiger partial charge in [-0.15, -0.1) is 0 Å². The molecule has 0 N–H and O–H groups in total. The third-order valence-corrected chi connectivity index (χ3v) is 7.42. The summed E-state index contributed by atoms with van der Waals surface area (Å²) in [6.07, 6.45) is 7.68. The fraction of sp³-hybridized carbons (Fsp3) is 0.0606. The number of rotatable bonds is 7. The third-order valence-electron chi connectivity index (χ3n) is 6.89. The number of imidazole rings is 1. The van der Waals surface area contributed by atoms with E-state index in [9.17, 15) is 4.79 Å². The van der Waals surface area contributed by atoms with Crippen LogP contribution in [-0.4, -0.2) is 19.9 Å². The molecule has 0 spiro atoms. The first kappa shape index (κ1) is 24.6. The van der Waals surface area contributed by atoms with Crippen LogP contribution in [0.3, 0.4) is 0 Å². The zero-order chi connectivity index (χ0) is 26.8. The lowest BCUT2D eigenvalue weighted by Crippen LogP contribution is -2.07. The molecule has 0 bridgehead atoms. The molecule has 0 radical (unpaired) electrons. The van der Waals surface area contributed by atoms with Gasteiger partial charge in [0.05, 0.1) is 30.2 Å². The molecule has 0 unspecified atom stereocenters. The van der Waals surface area contributed by atoms with Crippen LogP contribution in [0.2, 0.25) is 0 Å². The highest BCUT2D eigenvalue weighted by atomic mass is 79.9. The number of aromatic nitrogens is 3. The standard InChI is InChI=1S/C33H23BrN4O/c34-27-14-12-26(13-15-27)33(39)32-21-37(20-31(32)30-7-3-5-25-4-1-2-6-29(25)30)19-28-17-36-22-38(28)18-24-10-8-23(16-35)9-11-24/h1-15,17,20-22H,18-19H2. The van der Waals surface area contributed by atoms with E-state index in [1.807, 2.05) is 85.5 Å². The maximum atomic E-state index is 13.8. The van der Waals surface area contributed by atoms with E-state index in [0.29, 0.717) is 29.8 Å². The minimum Gasteiger partial charge on any atom is -0.347 e. The van der Waals surface area contributed by atoms with E-state index in [2.05, 4.69) is 66.6 Å². The first-order valence-electron chi connectivity index (χ1n) is 12.6. The molecule has 0 fully saturated rings. The number of benzene rings is 4. The zero-order valence-corrected chi connectivity index (χ0v) is 22.5. The number of carbonyl (C=O) groups excluding carboxylic acids is 1. The molecule has 2 heterocycles. The molecule has 39 heavy (non-hydrogen) atoms. The van der Waals surface area contributed by atoms with Crippen LogP contribution in [0, 0.1) is 11.3 Å². The number of fused-ring (bicyclic) bond motifs is 1. The Kier molecular flexibility index (Phi) is 6.66. The van der Waals surface area contributed by atoms with E-state index in [0.717, 1.165) is 37.6 Å². The average molecular weight is 571 g/mol. The van der Waals surface area contributed by atoms with Crippen molar-refractivity contribution in [3.63, 3.8) is 0 Å². The van der Waals surface area contributed by atoms with Gasteiger partial charge in [-0.3, -0.25) is 4.79 Å². The average Bonchev–Trinajstić information content (AvgIpc) is 3.60. The van der Waals surface area contributed by atoms with Crippen molar-refractivity contribution < 1.29 is 4.79 Å². The summed E-state index contributed by atoms with van der Waals surface area (Å²) in [6.45, 7) is 1.20. The Balaban J connectivity index is 1.39. The van der Waals surface area contributed by atoms with Gasteiger partial charge >= 0.3 is 0 Å². The van der Waals surface area contributed by atoms with Crippen LogP contribution in [0.5, 0.6) is 0 Å². The molecule has 0 aliphatic rings.